The van der Waals surface area contributed by atoms with Gasteiger partial charge in [0.15, 0.2) is 6.61 Å². The second-order valence-electron chi connectivity index (χ2n) is 6.88. The number of carbonyl (C=O) groups is 3. The zero-order valence-electron chi connectivity index (χ0n) is 11.7. The summed E-state index contributed by atoms with van der Waals surface area (Å²) in [5.74, 6) is 0.143. The van der Waals surface area contributed by atoms with Gasteiger partial charge in [-0.2, -0.15) is 0 Å². The molecule has 7 heteroatoms. The third-order valence-electron chi connectivity index (χ3n) is 5.02. The molecule has 3 N–H and O–H groups in total. The Hall–Kier alpha value is -1.11. The number of alkyl halides is 1. The molecule has 4 bridgehead atoms. The summed E-state index contributed by atoms with van der Waals surface area (Å²) in [5, 5.41) is 1.89. The summed E-state index contributed by atoms with van der Waals surface area (Å²) in [6, 6.07) is -0.940. The summed E-state index contributed by atoms with van der Waals surface area (Å²) in [6.45, 7) is -0.450. The largest absolute Gasteiger partial charge is 0.455 e. The van der Waals surface area contributed by atoms with Crippen molar-refractivity contribution < 1.29 is 19.1 Å². The third kappa shape index (κ3) is 2.80. The molecule has 2 unspecified atom stereocenters. The molecular weight excluding hydrogens is 340 g/mol. The normalized spacial score (nSPS) is 39.9. The number of hydrogen-bond donors (Lipinski definition) is 2. The maximum absolute atomic E-state index is 12.5. The Morgan fingerprint density at radius 2 is 1.81 bits per heavy atom. The molecule has 4 atom stereocenters. The van der Waals surface area contributed by atoms with E-state index in [0.717, 1.165) is 32.1 Å². The Balaban J connectivity index is 1.64. The number of nitrogens with two attached hydrogens (primary N) is 1. The number of amides is 3. The van der Waals surface area contributed by atoms with Crippen molar-refractivity contribution in [2.24, 2.45) is 23.0 Å². The van der Waals surface area contributed by atoms with Gasteiger partial charge in [0.1, 0.15) is 0 Å². The Morgan fingerprint density at radius 3 is 2.33 bits per heavy atom. The van der Waals surface area contributed by atoms with Gasteiger partial charge in [-0.25, -0.2) is 4.79 Å². The van der Waals surface area contributed by atoms with Crippen LogP contribution < -0.4 is 11.1 Å². The minimum absolute atomic E-state index is 0.0611. The molecule has 116 valence electrons. The maximum atomic E-state index is 12.5. The first-order chi connectivity index (χ1) is 9.80. The van der Waals surface area contributed by atoms with E-state index >= 15 is 0 Å². The number of imide groups is 1. The van der Waals surface area contributed by atoms with E-state index in [1.54, 1.807) is 0 Å². The second kappa shape index (κ2) is 4.97. The van der Waals surface area contributed by atoms with E-state index in [9.17, 15) is 14.4 Å². The highest BCUT2D eigenvalue weighted by Crippen LogP contribution is 2.64. The van der Waals surface area contributed by atoms with Gasteiger partial charge in [-0.3, -0.25) is 14.9 Å². The van der Waals surface area contributed by atoms with E-state index in [4.69, 9.17) is 10.5 Å². The van der Waals surface area contributed by atoms with Gasteiger partial charge in [0.2, 0.25) is 0 Å². The van der Waals surface area contributed by atoms with Gasteiger partial charge in [0.25, 0.3) is 5.91 Å². The topological polar surface area (TPSA) is 98.5 Å². The molecule has 3 amide bonds. The molecule has 21 heavy (non-hydrogen) atoms. The highest BCUT2D eigenvalue weighted by Gasteiger charge is 2.60. The van der Waals surface area contributed by atoms with E-state index < -0.39 is 24.0 Å². The van der Waals surface area contributed by atoms with Crippen molar-refractivity contribution in [3.63, 3.8) is 0 Å². The minimum atomic E-state index is -0.940. The summed E-state index contributed by atoms with van der Waals surface area (Å²) in [5.41, 5.74) is 4.39. The van der Waals surface area contributed by atoms with Crippen molar-refractivity contribution in [2.45, 2.75) is 42.8 Å². The minimum Gasteiger partial charge on any atom is -0.455 e. The number of carbonyl (C=O) groups excluding carboxylic acids is 3. The maximum Gasteiger partial charge on any atom is 0.318 e. The van der Waals surface area contributed by atoms with Crippen molar-refractivity contribution in [1.29, 1.82) is 0 Å². The lowest BCUT2D eigenvalue weighted by atomic mass is 9.49. The molecule has 4 aliphatic carbocycles. The molecule has 4 fully saturated rings. The SMILES string of the molecule is NC(=O)NC(=O)COC(=O)C12C[C@@H]3C[C@@H](CC(Br)(C3)C1)C2. The van der Waals surface area contributed by atoms with Gasteiger partial charge in [-0.15, -0.1) is 0 Å². The average Bonchev–Trinajstić information content (AvgIpc) is 2.31. The Bertz CT molecular complexity index is 493. The molecule has 0 heterocycles. The van der Waals surface area contributed by atoms with Crippen LogP contribution in [0.2, 0.25) is 0 Å². The molecule has 0 aromatic rings. The Morgan fingerprint density at radius 1 is 1.19 bits per heavy atom. The fourth-order valence-corrected chi connectivity index (χ4v) is 6.30. The molecule has 0 radical (unpaired) electrons. The number of esters is 1. The van der Waals surface area contributed by atoms with Crippen molar-refractivity contribution in [1.82, 2.24) is 5.32 Å². The smallest absolute Gasteiger partial charge is 0.318 e. The molecule has 6 nitrogen and oxygen atoms in total. The fraction of sp³-hybridized carbons (Fsp3) is 0.786. The highest BCUT2D eigenvalue weighted by molar-refractivity contribution is 9.10. The summed E-state index contributed by atoms with van der Waals surface area (Å²) in [7, 11) is 0. The lowest BCUT2D eigenvalue weighted by Crippen LogP contribution is -2.56. The molecule has 4 aliphatic rings. The summed E-state index contributed by atoms with van der Waals surface area (Å²) in [4.78, 5) is 34.4. The Labute approximate surface area is 131 Å². The van der Waals surface area contributed by atoms with Crippen LogP contribution >= 0.6 is 15.9 Å². The van der Waals surface area contributed by atoms with E-state index in [-0.39, 0.29) is 10.3 Å². The van der Waals surface area contributed by atoms with Crippen molar-refractivity contribution in [3.05, 3.63) is 0 Å². The second-order valence-corrected chi connectivity index (χ2v) is 8.56. The van der Waals surface area contributed by atoms with Crippen molar-refractivity contribution in [2.75, 3.05) is 6.61 Å². The van der Waals surface area contributed by atoms with E-state index in [2.05, 4.69) is 15.9 Å². The Kier molecular flexibility index (Phi) is 3.50. The van der Waals surface area contributed by atoms with Crippen LogP contribution in [0.15, 0.2) is 0 Å². The molecular formula is C14H19BrN2O4. The number of ether oxygens (including phenoxy) is 1. The molecule has 0 aromatic carbocycles. The zero-order chi connectivity index (χ0) is 15.3. The number of rotatable bonds is 3. The standard InChI is InChI=1S/C14H19BrN2O4/c15-14-4-8-1-9(5-14)3-13(2-8,7-14)11(19)21-6-10(18)17-12(16)20/h8-9H,1-7H2,(H3,16,17,18,20)/t8-,9+,13?,14?. The lowest BCUT2D eigenvalue weighted by Gasteiger charge is -2.58. The number of primary amides is 1. The van der Waals surface area contributed by atoms with Crippen molar-refractivity contribution >= 4 is 33.8 Å². The van der Waals surface area contributed by atoms with Crippen LogP contribution in [-0.4, -0.2) is 28.8 Å². The monoisotopic (exact) mass is 358 g/mol. The highest BCUT2D eigenvalue weighted by atomic mass is 79.9. The van der Waals surface area contributed by atoms with Gasteiger partial charge >= 0.3 is 12.0 Å². The number of hydrogen-bond acceptors (Lipinski definition) is 4. The van der Waals surface area contributed by atoms with Gasteiger partial charge in [-0.1, -0.05) is 15.9 Å². The first-order valence-corrected chi connectivity index (χ1v) is 8.05. The van der Waals surface area contributed by atoms with Crippen LogP contribution in [0.5, 0.6) is 0 Å². The predicted octanol–water partition coefficient (Wildman–Crippen LogP) is 1.46. The van der Waals surface area contributed by atoms with Gasteiger partial charge in [0.05, 0.1) is 5.41 Å². The number of urea groups is 1. The van der Waals surface area contributed by atoms with Crippen LogP contribution in [-0.2, 0) is 14.3 Å². The van der Waals surface area contributed by atoms with E-state index in [1.807, 2.05) is 5.32 Å². The lowest BCUT2D eigenvalue weighted by molar-refractivity contribution is -0.171. The predicted molar refractivity (Wildman–Crippen MR) is 77.5 cm³/mol. The first-order valence-electron chi connectivity index (χ1n) is 7.26. The van der Waals surface area contributed by atoms with Crippen LogP contribution in [0.25, 0.3) is 0 Å². The molecule has 0 aromatic heterocycles. The van der Waals surface area contributed by atoms with Gasteiger partial charge in [0, 0.05) is 4.32 Å². The number of halogens is 1. The summed E-state index contributed by atoms with van der Waals surface area (Å²) < 4.78 is 5.22. The van der Waals surface area contributed by atoms with E-state index in [0.29, 0.717) is 11.8 Å². The summed E-state index contributed by atoms with van der Waals surface area (Å²) >= 11 is 3.83. The van der Waals surface area contributed by atoms with E-state index in [1.165, 1.54) is 6.42 Å². The van der Waals surface area contributed by atoms with Crippen LogP contribution in [0.3, 0.4) is 0 Å². The fourth-order valence-electron chi connectivity index (χ4n) is 4.85. The third-order valence-corrected chi connectivity index (χ3v) is 5.95. The average molecular weight is 359 g/mol. The zero-order valence-corrected chi connectivity index (χ0v) is 13.3. The molecule has 0 aliphatic heterocycles. The van der Waals surface area contributed by atoms with Gasteiger partial charge in [-0.05, 0) is 50.4 Å². The molecule has 4 rings (SSSR count). The van der Waals surface area contributed by atoms with Gasteiger partial charge < -0.3 is 10.5 Å². The summed E-state index contributed by atoms with van der Waals surface area (Å²) in [6.07, 6.45) is 5.94. The molecule has 0 saturated heterocycles. The van der Waals surface area contributed by atoms with Crippen LogP contribution in [0.1, 0.15) is 38.5 Å². The molecule has 0 spiro atoms. The molecule has 4 saturated carbocycles. The number of nitrogens with one attached hydrogen (secondary N) is 1. The van der Waals surface area contributed by atoms with Crippen LogP contribution in [0, 0.1) is 17.3 Å². The first kappa shape index (κ1) is 14.8. The van der Waals surface area contributed by atoms with Crippen molar-refractivity contribution in [3.8, 4) is 0 Å². The quantitative estimate of drug-likeness (QED) is 0.589. The van der Waals surface area contributed by atoms with Crippen LogP contribution in [0.4, 0.5) is 4.79 Å².